The number of amides is 2. The Morgan fingerprint density at radius 2 is 1.06 bits per heavy atom. The van der Waals surface area contributed by atoms with Gasteiger partial charge in [-0.2, -0.15) is 0 Å². The number of anilines is 2. The number of benzene rings is 2. The topological polar surface area (TPSA) is 139 Å². The van der Waals surface area contributed by atoms with E-state index in [2.05, 4.69) is 15.4 Å². The van der Waals surface area contributed by atoms with Crippen molar-refractivity contribution in [2.45, 2.75) is 49.9 Å². The van der Waals surface area contributed by atoms with E-state index < -0.39 is 24.6 Å². The van der Waals surface area contributed by atoms with Gasteiger partial charge in [-0.25, -0.2) is 21.6 Å². The highest BCUT2D eigenvalue weighted by molar-refractivity contribution is 8.13. The largest absolute Gasteiger partial charge is 0.326 e. The summed E-state index contributed by atoms with van der Waals surface area (Å²) in [7, 11) is -2.11. The lowest BCUT2D eigenvalue weighted by atomic mass is 10.1. The van der Waals surface area contributed by atoms with Crippen molar-refractivity contribution in [2.75, 3.05) is 10.6 Å². The van der Waals surface area contributed by atoms with Crippen LogP contribution in [0, 0.1) is 0 Å². The van der Waals surface area contributed by atoms with Gasteiger partial charge >= 0.3 is 0 Å². The molecule has 2 amide bonds. The summed E-state index contributed by atoms with van der Waals surface area (Å²) in [5.41, 5.74) is 0.563. The molecule has 0 spiro atoms. The monoisotopic (exact) mass is 503 g/mol. The average molecular weight is 504 g/mol. The molecule has 0 heterocycles. The summed E-state index contributed by atoms with van der Waals surface area (Å²) in [6.45, 7) is 8.08. The van der Waals surface area contributed by atoms with Crippen molar-refractivity contribution in [3.05, 3.63) is 48.5 Å². The molecule has 32 heavy (non-hydrogen) atoms. The third-order valence-electron chi connectivity index (χ3n) is 3.38. The Labute approximate surface area is 193 Å². The zero-order valence-electron chi connectivity index (χ0n) is 18.3. The molecule has 9 nitrogen and oxygen atoms in total. The SMILES string of the molecule is CC(=O)Nc1ccc(S(=O)(=O)Cl)cc1.CC(=O)Nc1ccc(S(=O)(=O)NC(C)(C)C)cc1. The number of carbonyl (C=O) groups excluding carboxylic acids is 2. The first-order chi connectivity index (χ1) is 14.5. The summed E-state index contributed by atoms with van der Waals surface area (Å²) < 4.78 is 48.2. The third-order valence-corrected chi connectivity index (χ3v) is 6.53. The van der Waals surface area contributed by atoms with Crippen LogP contribution in [0.2, 0.25) is 0 Å². The molecule has 0 bridgehead atoms. The second-order valence-electron chi connectivity index (χ2n) is 7.70. The minimum atomic E-state index is -3.69. The summed E-state index contributed by atoms with van der Waals surface area (Å²) in [5, 5.41) is 5.08. The lowest BCUT2D eigenvalue weighted by Crippen LogP contribution is -2.40. The predicted molar refractivity (Wildman–Crippen MR) is 125 cm³/mol. The standard InChI is InChI=1S/C12H18N2O3S.C8H8ClNO3S/c1-9(15)13-10-5-7-11(8-6-10)18(16,17)14-12(2,3)4;1-6(11)10-7-2-4-8(5-3-7)14(9,12)13/h5-8,14H,1-4H3,(H,13,15);2-5H,1H3,(H,10,11). The van der Waals surface area contributed by atoms with Crippen molar-refractivity contribution in [1.29, 1.82) is 0 Å². The lowest BCUT2D eigenvalue weighted by molar-refractivity contribution is -0.115. The molecule has 2 aromatic rings. The quantitative estimate of drug-likeness (QED) is 0.535. The molecule has 0 saturated heterocycles. The number of rotatable bonds is 5. The van der Waals surface area contributed by atoms with E-state index in [4.69, 9.17) is 10.7 Å². The lowest BCUT2D eigenvalue weighted by Gasteiger charge is -2.20. The van der Waals surface area contributed by atoms with E-state index >= 15 is 0 Å². The molecule has 0 radical (unpaired) electrons. The van der Waals surface area contributed by atoms with Crippen molar-refractivity contribution in [2.24, 2.45) is 0 Å². The zero-order valence-corrected chi connectivity index (χ0v) is 20.7. The van der Waals surface area contributed by atoms with E-state index in [1.54, 1.807) is 32.9 Å². The molecule has 0 aliphatic carbocycles. The highest BCUT2D eigenvalue weighted by Gasteiger charge is 2.21. The van der Waals surface area contributed by atoms with Crippen LogP contribution in [0.4, 0.5) is 11.4 Å². The fourth-order valence-corrected chi connectivity index (χ4v) is 4.47. The van der Waals surface area contributed by atoms with Crippen LogP contribution in [0.15, 0.2) is 58.3 Å². The fourth-order valence-electron chi connectivity index (χ4n) is 2.29. The van der Waals surface area contributed by atoms with E-state index in [1.807, 2.05) is 0 Å². The second kappa shape index (κ2) is 10.9. The third kappa shape index (κ3) is 10.2. The molecule has 0 aliphatic rings. The Kier molecular flexibility index (Phi) is 9.39. The van der Waals surface area contributed by atoms with Crippen LogP contribution in [0.25, 0.3) is 0 Å². The van der Waals surface area contributed by atoms with Crippen molar-refractivity contribution in [3.63, 3.8) is 0 Å². The van der Waals surface area contributed by atoms with E-state index in [0.29, 0.717) is 11.4 Å². The van der Waals surface area contributed by atoms with E-state index in [9.17, 15) is 26.4 Å². The Hall–Kier alpha value is -2.47. The molecule has 0 saturated carbocycles. The van der Waals surface area contributed by atoms with Gasteiger partial charge in [0.25, 0.3) is 9.05 Å². The van der Waals surface area contributed by atoms with Gasteiger partial charge in [0, 0.05) is 41.4 Å². The Morgan fingerprint density at radius 3 is 1.34 bits per heavy atom. The molecular formula is C20H26ClN3O6S2. The fraction of sp³-hybridized carbons (Fsp3) is 0.300. The first-order valence-electron chi connectivity index (χ1n) is 9.23. The van der Waals surface area contributed by atoms with Gasteiger partial charge in [-0.15, -0.1) is 0 Å². The van der Waals surface area contributed by atoms with Gasteiger partial charge in [-0.1, -0.05) is 0 Å². The van der Waals surface area contributed by atoms with Crippen molar-refractivity contribution in [1.82, 2.24) is 4.72 Å². The van der Waals surface area contributed by atoms with Gasteiger partial charge in [0.15, 0.2) is 0 Å². The van der Waals surface area contributed by atoms with Crippen LogP contribution in [0.1, 0.15) is 34.6 Å². The summed E-state index contributed by atoms with van der Waals surface area (Å²) in [6.07, 6.45) is 0. The van der Waals surface area contributed by atoms with Crippen molar-refractivity contribution < 1.29 is 26.4 Å². The van der Waals surface area contributed by atoms with Crippen LogP contribution in [0.5, 0.6) is 0 Å². The van der Waals surface area contributed by atoms with E-state index in [1.165, 1.54) is 50.2 Å². The van der Waals surface area contributed by atoms with Gasteiger partial charge in [0.1, 0.15) is 0 Å². The number of carbonyl (C=O) groups is 2. The molecule has 0 fully saturated rings. The minimum Gasteiger partial charge on any atom is -0.326 e. The molecule has 0 aromatic heterocycles. The molecule has 3 N–H and O–H groups in total. The van der Waals surface area contributed by atoms with Crippen molar-refractivity contribution >= 4 is 52.9 Å². The average Bonchev–Trinajstić information content (AvgIpc) is 2.59. The molecule has 0 unspecified atom stereocenters. The summed E-state index contributed by atoms with van der Waals surface area (Å²) >= 11 is 0. The first kappa shape index (κ1) is 27.6. The minimum absolute atomic E-state index is 0.00766. The first-order valence-corrected chi connectivity index (χ1v) is 13.0. The number of halogens is 1. The van der Waals surface area contributed by atoms with Crippen LogP contribution >= 0.6 is 10.7 Å². The number of hydrogen-bond donors (Lipinski definition) is 3. The normalized spacial score (nSPS) is 11.7. The number of nitrogens with one attached hydrogen (secondary N) is 3. The maximum atomic E-state index is 12.0. The summed E-state index contributed by atoms with van der Waals surface area (Å²) in [4.78, 5) is 21.7. The maximum Gasteiger partial charge on any atom is 0.261 e. The van der Waals surface area contributed by atoms with Crippen LogP contribution in [-0.4, -0.2) is 34.2 Å². The highest BCUT2D eigenvalue weighted by Crippen LogP contribution is 2.18. The smallest absolute Gasteiger partial charge is 0.261 e. The van der Waals surface area contributed by atoms with Gasteiger partial charge in [0.05, 0.1) is 9.79 Å². The summed E-state index contributed by atoms with van der Waals surface area (Å²) in [6, 6.07) is 11.6. The Balaban J connectivity index is 0.000000330. The van der Waals surface area contributed by atoms with Gasteiger partial charge in [-0.3, -0.25) is 9.59 Å². The predicted octanol–water partition coefficient (Wildman–Crippen LogP) is 3.29. The number of sulfonamides is 1. The Bertz CT molecular complexity index is 1160. The van der Waals surface area contributed by atoms with Crippen LogP contribution < -0.4 is 15.4 Å². The molecule has 0 aliphatic heterocycles. The highest BCUT2D eigenvalue weighted by atomic mass is 35.7. The van der Waals surface area contributed by atoms with E-state index in [-0.39, 0.29) is 21.6 Å². The molecule has 176 valence electrons. The molecule has 2 rings (SSSR count). The molecule has 0 atom stereocenters. The van der Waals surface area contributed by atoms with Crippen LogP contribution in [-0.2, 0) is 28.7 Å². The molecule has 12 heteroatoms. The zero-order chi connectivity index (χ0) is 24.7. The van der Waals surface area contributed by atoms with E-state index in [0.717, 1.165) is 0 Å². The maximum absolute atomic E-state index is 12.0. The van der Waals surface area contributed by atoms with Crippen LogP contribution in [0.3, 0.4) is 0 Å². The van der Waals surface area contributed by atoms with Crippen molar-refractivity contribution in [3.8, 4) is 0 Å². The molecule has 2 aromatic carbocycles. The van der Waals surface area contributed by atoms with Gasteiger partial charge in [0.2, 0.25) is 21.8 Å². The van der Waals surface area contributed by atoms with Gasteiger partial charge < -0.3 is 10.6 Å². The van der Waals surface area contributed by atoms with Gasteiger partial charge in [-0.05, 0) is 69.3 Å². The summed E-state index contributed by atoms with van der Waals surface area (Å²) in [5.74, 6) is -0.412. The molecular weight excluding hydrogens is 478 g/mol. The number of hydrogen-bond acceptors (Lipinski definition) is 6. The Morgan fingerprint density at radius 1 is 0.719 bits per heavy atom. The second-order valence-corrected chi connectivity index (χ2v) is 12.0.